The molecule has 1 rings (SSSR count). The van der Waals surface area contributed by atoms with Crippen LogP contribution in [-0.4, -0.2) is 23.8 Å². The Balaban J connectivity index is 2.14. The molecule has 0 saturated heterocycles. The highest BCUT2D eigenvalue weighted by molar-refractivity contribution is 5.69. The first-order valence-electron chi connectivity index (χ1n) is 6.47. The molecular weight excluding hydrogens is 204 g/mol. The minimum absolute atomic E-state index is 0.132. The fourth-order valence-corrected chi connectivity index (χ4v) is 2.35. The zero-order valence-corrected chi connectivity index (χ0v) is 10.4. The number of rotatable bonds is 6. The molecule has 0 amide bonds. The van der Waals surface area contributed by atoms with E-state index in [0.717, 1.165) is 32.3 Å². The van der Waals surface area contributed by atoms with Crippen molar-refractivity contribution < 1.29 is 14.6 Å². The van der Waals surface area contributed by atoms with Crippen LogP contribution in [0, 0.1) is 11.8 Å². The minimum atomic E-state index is -0.641. The summed E-state index contributed by atoms with van der Waals surface area (Å²) in [5, 5.41) is 8.87. The van der Waals surface area contributed by atoms with E-state index < -0.39 is 5.97 Å². The molecule has 1 aliphatic carbocycles. The lowest BCUT2D eigenvalue weighted by molar-refractivity contribution is -0.143. The zero-order valence-electron chi connectivity index (χ0n) is 10.4. The van der Waals surface area contributed by atoms with Gasteiger partial charge in [0.15, 0.2) is 0 Å². The van der Waals surface area contributed by atoms with Gasteiger partial charge in [-0.1, -0.05) is 20.3 Å². The molecule has 3 nitrogen and oxygen atoms in total. The molecule has 0 heterocycles. The van der Waals surface area contributed by atoms with Crippen LogP contribution >= 0.6 is 0 Å². The van der Waals surface area contributed by atoms with Crippen molar-refractivity contribution in [2.75, 3.05) is 6.61 Å². The number of hydrogen-bond acceptors (Lipinski definition) is 2. The maximum absolute atomic E-state index is 10.8. The van der Waals surface area contributed by atoms with Gasteiger partial charge in [-0.2, -0.15) is 0 Å². The van der Waals surface area contributed by atoms with Crippen molar-refractivity contribution in [3.63, 3.8) is 0 Å². The van der Waals surface area contributed by atoms with E-state index >= 15 is 0 Å². The highest BCUT2D eigenvalue weighted by Crippen LogP contribution is 2.26. The molecule has 0 aromatic rings. The van der Waals surface area contributed by atoms with E-state index in [-0.39, 0.29) is 5.92 Å². The maximum Gasteiger partial charge on any atom is 0.306 e. The predicted octanol–water partition coefficient (Wildman–Crippen LogP) is 3.08. The van der Waals surface area contributed by atoms with Crippen LogP contribution in [0.4, 0.5) is 0 Å². The SMILES string of the molecule is CCCC(C)COC1CCC(C(=O)O)CC1. The number of carbonyl (C=O) groups is 1. The summed E-state index contributed by atoms with van der Waals surface area (Å²) in [6.45, 7) is 5.23. The van der Waals surface area contributed by atoms with Crippen molar-refractivity contribution in [2.24, 2.45) is 11.8 Å². The summed E-state index contributed by atoms with van der Waals surface area (Å²) in [7, 11) is 0. The summed E-state index contributed by atoms with van der Waals surface area (Å²) < 4.78 is 5.83. The van der Waals surface area contributed by atoms with Gasteiger partial charge in [-0.05, 0) is 38.0 Å². The van der Waals surface area contributed by atoms with Crippen LogP contribution in [0.25, 0.3) is 0 Å². The number of hydrogen-bond donors (Lipinski definition) is 1. The smallest absolute Gasteiger partial charge is 0.306 e. The van der Waals surface area contributed by atoms with Gasteiger partial charge in [-0.25, -0.2) is 0 Å². The van der Waals surface area contributed by atoms with Gasteiger partial charge in [0.25, 0.3) is 0 Å². The van der Waals surface area contributed by atoms with Crippen molar-refractivity contribution in [3.8, 4) is 0 Å². The van der Waals surface area contributed by atoms with Crippen LogP contribution in [-0.2, 0) is 9.53 Å². The third kappa shape index (κ3) is 4.52. The number of ether oxygens (including phenoxy) is 1. The summed E-state index contributed by atoms with van der Waals surface area (Å²) >= 11 is 0. The van der Waals surface area contributed by atoms with Gasteiger partial charge < -0.3 is 9.84 Å². The van der Waals surface area contributed by atoms with E-state index in [0.29, 0.717) is 12.0 Å². The van der Waals surface area contributed by atoms with E-state index in [2.05, 4.69) is 13.8 Å². The molecule has 1 saturated carbocycles. The molecule has 0 aromatic carbocycles. The second-order valence-electron chi connectivity index (χ2n) is 5.04. The van der Waals surface area contributed by atoms with Gasteiger partial charge in [0.05, 0.1) is 12.0 Å². The van der Waals surface area contributed by atoms with Gasteiger partial charge in [0.1, 0.15) is 0 Å². The maximum atomic E-state index is 10.8. The number of aliphatic carboxylic acids is 1. The summed E-state index contributed by atoms with van der Waals surface area (Å²) in [4.78, 5) is 10.8. The van der Waals surface area contributed by atoms with Gasteiger partial charge in [0.2, 0.25) is 0 Å². The Labute approximate surface area is 98.2 Å². The van der Waals surface area contributed by atoms with E-state index in [1.165, 1.54) is 12.8 Å². The minimum Gasteiger partial charge on any atom is -0.481 e. The predicted molar refractivity (Wildman–Crippen MR) is 63.4 cm³/mol. The normalized spacial score (nSPS) is 27.6. The van der Waals surface area contributed by atoms with Crippen LogP contribution < -0.4 is 0 Å². The lowest BCUT2D eigenvalue weighted by atomic mass is 9.87. The summed E-state index contributed by atoms with van der Waals surface area (Å²) in [6.07, 6.45) is 6.10. The van der Waals surface area contributed by atoms with E-state index in [4.69, 9.17) is 9.84 Å². The van der Waals surface area contributed by atoms with Crippen molar-refractivity contribution in [3.05, 3.63) is 0 Å². The molecule has 1 aliphatic rings. The first kappa shape index (κ1) is 13.5. The molecule has 0 aromatic heterocycles. The lowest BCUT2D eigenvalue weighted by Crippen LogP contribution is -2.27. The fraction of sp³-hybridized carbons (Fsp3) is 0.923. The molecule has 0 radical (unpaired) electrons. The second kappa shape index (κ2) is 6.89. The standard InChI is InChI=1S/C13H24O3/c1-3-4-10(2)9-16-12-7-5-11(6-8-12)13(14)15/h10-12H,3-9H2,1-2H3,(H,14,15). The van der Waals surface area contributed by atoms with Crippen molar-refractivity contribution >= 4 is 5.97 Å². The average molecular weight is 228 g/mol. The molecule has 0 bridgehead atoms. The second-order valence-corrected chi connectivity index (χ2v) is 5.04. The average Bonchev–Trinajstić information content (AvgIpc) is 2.27. The van der Waals surface area contributed by atoms with Gasteiger partial charge in [0, 0.05) is 6.61 Å². The highest BCUT2D eigenvalue weighted by atomic mass is 16.5. The Morgan fingerprint density at radius 3 is 2.50 bits per heavy atom. The number of carboxylic acids is 1. The van der Waals surface area contributed by atoms with Crippen molar-refractivity contribution in [1.29, 1.82) is 0 Å². The molecule has 3 heteroatoms. The molecule has 1 N–H and O–H groups in total. The quantitative estimate of drug-likeness (QED) is 0.760. The summed E-state index contributed by atoms with van der Waals surface area (Å²) in [5.41, 5.74) is 0. The molecule has 94 valence electrons. The van der Waals surface area contributed by atoms with Crippen LogP contribution in [0.3, 0.4) is 0 Å². The lowest BCUT2D eigenvalue weighted by Gasteiger charge is -2.27. The zero-order chi connectivity index (χ0) is 12.0. The highest BCUT2D eigenvalue weighted by Gasteiger charge is 2.26. The molecule has 0 aliphatic heterocycles. The number of carboxylic acid groups (broad SMARTS) is 1. The molecule has 1 fully saturated rings. The van der Waals surface area contributed by atoms with Gasteiger partial charge in [-0.15, -0.1) is 0 Å². The third-order valence-electron chi connectivity index (χ3n) is 3.42. The Morgan fingerprint density at radius 1 is 1.38 bits per heavy atom. The first-order valence-corrected chi connectivity index (χ1v) is 6.47. The van der Waals surface area contributed by atoms with E-state index in [9.17, 15) is 4.79 Å². The largest absolute Gasteiger partial charge is 0.481 e. The van der Waals surface area contributed by atoms with Gasteiger partial charge in [-0.3, -0.25) is 4.79 Å². The Kier molecular flexibility index (Phi) is 5.81. The Hall–Kier alpha value is -0.570. The van der Waals surface area contributed by atoms with Crippen LogP contribution in [0.2, 0.25) is 0 Å². The van der Waals surface area contributed by atoms with Crippen LogP contribution in [0.5, 0.6) is 0 Å². The third-order valence-corrected chi connectivity index (χ3v) is 3.42. The molecule has 1 atom stereocenters. The fourth-order valence-electron chi connectivity index (χ4n) is 2.35. The van der Waals surface area contributed by atoms with Crippen LogP contribution in [0.15, 0.2) is 0 Å². The van der Waals surface area contributed by atoms with E-state index in [1.807, 2.05) is 0 Å². The molecular formula is C13H24O3. The topological polar surface area (TPSA) is 46.5 Å². The first-order chi connectivity index (χ1) is 7.63. The van der Waals surface area contributed by atoms with E-state index in [1.54, 1.807) is 0 Å². The molecule has 16 heavy (non-hydrogen) atoms. The monoisotopic (exact) mass is 228 g/mol. The Morgan fingerprint density at radius 2 is 2.00 bits per heavy atom. The Bertz CT molecular complexity index is 207. The van der Waals surface area contributed by atoms with Crippen molar-refractivity contribution in [2.45, 2.75) is 58.5 Å². The van der Waals surface area contributed by atoms with Gasteiger partial charge >= 0.3 is 5.97 Å². The summed E-state index contributed by atoms with van der Waals surface area (Å²) in [6, 6.07) is 0. The molecule has 1 unspecified atom stereocenters. The summed E-state index contributed by atoms with van der Waals surface area (Å²) in [5.74, 6) is -0.145. The molecule has 0 spiro atoms. The van der Waals surface area contributed by atoms with Crippen molar-refractivity contribution in [1.82, 2.24) is 0 Å². The van der Waals surface area contributed by atoms with Crippen LogP contribution in [0.1, 0.15) is 52.4 Å².